The van der Waals surface area contributed by atoms with Gasteiger partial charge in [0.15, 0.2) is 11.6 Å². The van der Waals surface area contributed by atoms with Crippen LogP contribution in [0.2, 0.25) is 0 Å². The lowest BCUT2D eigenvalue weighted by molar-refractivity contribution is 0.276. The number of ether oxygens (including phenoxy) is 1. The number of halogens is 2. The highest BCUT2D eigenvalue weighted by Crippen LogP contribution is 2.28. The van der Waals surface area contributed by atoms with Gasteiger partial charge in [0.1, 0.15) is 6.07 Å². The van der Waals surface area contributed by atoms with Crippen molar-refractivity contribution in [3.8, 4) is 11.8 Å². The van der Waals surface area contributed by atoms with Gasteiger partial charge in [0.25, 0.3) is 0 Å². The fourth-order valence-electron chi connectivity index (χ4n) is 1.13. The maximum Gasteiger partial charge on any atom is 0.180 e. The minimum absolute atomic E-state index is 0.164. The van der Waals surface area contributed by atoms with Gasteiger partial charge in [-0.05, 0) is 40.4 Å². The molecule has 86 valence electrons. The van der Waals surface area contributed by atoms with Crippen molar-refractivity contribution in [3.63, 3.8) is 0 Å². The molecule has 0 aliphatic heterocycles. The molecule has 0 spiro atoms. The molecule has 0 atom stereocenters. The van der Waals surface area contributed by atoms with E-state index >= 15 is 0 Å². The summed E-state index contributed by atoms with van der Waals surface area (Å²) in [5.74, 6) is 0.194. The van der Waals surface area contributed by atoms with Crippen LogP contribution >= 0.6 is 15.9 Å². The molecule has 0 saturated heterocycles. The van der Waals surface area contributed by atoms with Crippen LogP contribution in [-0.4, -0.2) is 6.61 Å². The SMILES string of the molecule is CC(C)CCOc1ccc(C#N)c(Br)c1F. The lowest BCUT2D eigenvalue weighted by Crippen LogP contribution is -2.03. The van der Waals surface area contributed by atoms with E-state index in [0.29, 0.717) is 12.5 Å². The third-order valence-electron chi connectivity index (χ3n) is 2.12. The summed E-state index contributed by atoms with van der Waals surface area (Å²) >= 11 is 3.03. The molecule has 1 aromatic rings. The Morgan fingerprint density at radius 3 is 2.75 bits per heavy atom. The van der Waals surface area contributed by atoms with E-state index in [2.05, 4.69) is 29.8 Å². The second kappa shape index (κ2) is 5.86. The van der Waals surface area contributed by atoms with Crippen molar-refractivity contribution in [2.45, 2.75) is 20.3 Å². The number of benzene rings is 1. The van der Waals surface area contributed by atoms with Gasteiger partial charge in [-0.1, -0.05) is 13.8 Å². The van der Waals surface area contributed by atoms with Gasteiger partial charge in [0, 0.05) is 0 Å². The van der Waals surface area contributed by atoms with Crippen molar-refractivity contribution in [2.24, 2.45) is 5.92 Å². The molecule has 0 aliphatic rings. The van der Waals surface area contributed by atoms with Gasteiger partial charge in [-0.25, -0.2) is 4.39 Å². The summed E-state index contributed by atoms with van der Waals surface area (Å²) in [5, 5.41) is 8.70. The average molecular weight is 286 g/mol. The van der Waals surface area contributed by atoms with Gasteiger partial charge in [0.2, 0.25) is 0 Å². The quantitative estimate of drug-likeness (QED) is 0.841. The number of hydrogen-bond acceptors (Lipinski definition) is 2. The molecule has 0 aliphatic carbocycles. The molecule has 0 radical (unpaired) electrons. The monoisotopic (exact) mass is 285 g/mol. The number of rotatable bonds is 4. The highest BCUT2D eigenvalue weighted by molar-refractivity contribution is 9.10. The molecule has 16 heavy (non-hydrogen) atoms. The maximum absolute atomic E-state index is 13.7. The minimum atomic E-state index is -0.511. The zero-order valence-corrected chi connectivity index (χ0v) is 10.8. The standard InChI is InChI=1S/C12H13BrFNO/c1-8(2)5-6-16-10-4-3-9(7-15)11(13)12(10)14/h3-4,8H,5-6H2,1-2H3. The van der Waals surface area contributed by atoms with Crippen LogP contribution in [0.15, 0.2) is 16.6 Å². The molecule has 0 fully saturated rings. The molecular formula is C12H13BrFNO. The van der Waals surface area contributed by atoms with Crippen molar-refractivity contribution in [3.05, 3.63) is 28.0 Å². The number of nitriles is 1. The molecule has 0 unspecified atom stereocenters. The predicted octanol–water partition coefficient (Wildman–Crippen LogP) is 3.88. The maximum atomic E-state index is 13.7. The van der Waals surface area contributed by atoms with E-state index in [9.17, 15) is 4.39 Å². The minimum Gasteiger partial charge on any atom is -0.490 e. The van der Waals surface area contributed by atoms with Crippen LogP contribution in [0, 0.1) is 23.1 Å². The van der Waals surface area contributed by atoms with E-state index in [4.69, 9.17) is 10.00 Å². The second-order valence-electron chi connectivity index (χ2n) is 3.88. The van der Waals surface area contributed by atoms with Gasteiger partial charge >= 0.3 is 0 Å². The van der Waals surface area contributed by atoms with Crippen molar-refractivity contribution >= 4 is 15.9 Å². The summed E-state index contributed by atoms with van der Waals surface area (Å²) in [5.41, 5.74) is 0.272. The van der Waals surface area contributed by atoms with Gasteiger partial charge in [0.05, 0.1) is 16.6 Å². The fraction of sp³-hybridized carbons (Fsp3) is 0.417. The van der Waals surface area contributed by atoms with Crippen LogP contribution in [0.25, 0.3) is 0 Å². The Bertz CT molecular complexity index is 412. The van der Waals surface area contributed by atoms with Crippen LogP contribution < -0.4 is 4.74 Å². The van der Waals surface area contributed by atoms with Crippen LogP contribution in [-0.2, 0) is 0 Å². The second-order valence-corrected chi connectivity index (χ2v) is 4.68. The molecule has 0 heterocycles. The van der Waals surface area contributed by atoms with Crippen LogP contribution in [0.3, 0.4) is 0 Å². The molecule has 4 heteroatoms. The Kier molecular flexibility index (Phi) is 4.75. The highest BCUT2D eigenvalue weighted by atomic mass is 79.9. The summed E-state index contributed by atoms with van der Waals surface area (Å²) in [6, 6.07) is 4.92. The molecule has 2 nitrogen and oxygen atoms in total. The summed E-state index contributed by atoms with van der Waals surface area (Å²) in [4.78, 5) is 0. The number of nitrogens with zero attached hydrogens (tertiary/aromatic N) is 1. The van der Waals surface area contributed by atoms with Gasteiger partial charge in [-0.3, -0.25) is 0 Å². The predicted molar refractivity (Wildman–Crippen MR) is 63.8 cm³/mol. The Balaban J connectivity index is 2.76. The summed E-state index contributed by atoms with van der Waals surface area (Å²) in [7, 11) is 0. The third kappa shape index (κ3) is 3.21. The van der Waals surface area contributed by atoms with Gasteiger partial charge in [-0.2, -0.15) is 5.26 Å². The molecule has 1 rings (SSSR count). The van der Waals surface area contributed by atoms with E-state index in [1.54, 1.807) is 0 Å². The van der Waals surface area contributed by atoms with E-state index in [1.165, 1.54) is 12.1 Å². The average Bonchev–Trinajstić information content (AvgIpc) is 2.24. The third-order valence-corrected chi connectivity index (χ3v) is 2.90. The van der Waals surface area contributed by atoms with Crippen molar-refractivity contribution in [1.82, 2.24) is 0 Å². The smallest absolute Gasteiger partial charge is 0.180 e. The highest BCUT2D eigenvalue weighted by Gasteiger charge is 2.11. The van der Waals surface area contributed by atoms with Crippen molar-refractivity contribution in [1.29, 1.82) is 5.26 Å². The molecule has 0 bridgehead atoms. The zero-order chi connectivity index (χ0) is 12.1. The summed E-state index contributed by atoms with van der Waals surface area (Å²) in [6.07, 6.45) is 0.872. The first-order chi connectivity index (χ1) is 7.56. The Morgan fingerprint density at radius 2 is 2.19 bits per heavy atom. The molecule has 0 N–H and O–H groups in total. The summed E-state index contributed by atoms with van der Waals surface area (Å²) in [6.45, 7) is 4.63. The lowest BCUT2D eigenvalue weighted by atomic mass is 10.1. The topological polar surface area (TPSA) is 33.0 Å². The Hall–Kier alpha value is -1.08. The van der Waals surface area contributed by atoms with Crippen molar-refractivity contribution in [2.75, 3.05) is 6.61 Å². The molecule has 0 saturated carbocycles. The van der Waals surface area contributed by atoms with E-state index < -0.39 is 5.82 Å². The molecule has 0 aromatic heterocycles. The van der Waals surface area contributed by atoms with Gasteiger partial charge < -0.3 is 4.74 Å². The van der Waals surface area contributed by atoms with Crippen LogP contribution in [0.5, 0.6) is 5.75 Å². The van der Waals surface area contributed by atoms with Crippen LogP contribution in [0.1, 0.15) is 25.8 Å². The largest absolute Gasteiger partial charge is 0.490 e. The fourth-order valence-corrected chi connectivity index (χ4v) is 1.55. The first-order valence-electron chi connectivity index (χ1n) is 5.07. The van der Waals surface area contributed by atoms with E-state index in [-0.39, 0.29) is 15.8 Å². The first-order valence-corrected chi connectivity index (χ1v) is 5.86. The molecule has 0 amide bonds. The zero-order valence-electron chi connectivity index (χ0n) is 9.26. The molecule has 1 aromatic carbocycles. The van der Waals surface area contributed by atoms with Crippen molar-refractivity contribution < 1.29 is 9.13 Å². The molecular weight excluding hydrogens is 273 g/mol. The van der Waals surface area contributed by atoms with E-state index in [0.717, 1.165) is 6.42 Å². The normalized spacial score (nSPS) is 10.2. The number of hydrogen-bond donors (Lipinski definition) is 0. The summed E-state index contributed by atoms with van der Waals surface area (Å²) < 4.78 is 19.1. The first kappa shape index (κ1) is 13.0. The Labute approximate surface area is 103 Å². The lowest BCUT2D eigenvalue weighted by Gasteiger charge is -2.10. The van der Waals surface area contributed by atoms with E-state index in [1.807, 2.05) is 6.07 Å². The van der Waals surface area contributed by atoms with Gasteiger partial charge in [-0.15, -0.1) is 0 Å². The van der Waals surface area contributed by atoms with Crippen LogP contribution in [0.4, 0.5) is 4.39 Å². The Morgan fingerprint density at radius 1 is 1.50 bits per heavy atom.